The van der Waals surface area contributed by atoms with Gasteiger partial charge in [0.1, 0.15) is 11.5 Å². The molecule has 6 nitrogen and oxygen atoms in total. The Morgan fingerprint density at radius 2 is 1.78 bits per heavy atom. The molecule has 0 saturated carbocycles. The lowest BCUT2D eigenvalue weighted by Crippen LogP contribution is -2.41. The summed E-state index contributed by atoms with van der Waals surface area (Å²) in [6.07, 6.45) is 1.53. The Labute approximate surface area is 158 Å². The molecule has 0 bridgehead atoms. The minimum absolute atomic E-state index is 0.167. The Morgan fingerprint density at radius 3 is 2.33 bits per heavy atom. The third-order valence-electron chi connectivity index (χ3n) is 4.41. The van der Waals surface area contributed by atoms with Crippen molar-refractivity contribution >= 4 is 21.4 Å². The Bertz CT molecular complexity index is 980. The van der Waals surface area contributed by atoms with Crippen molar-refractivity contribution in [3.63, 3.8) is 0 Å². The van der Waals surface area contributed by atoms with E-state index in [1.165, 1.54) is 25.2 Å². The lowest BCUT2D eigenvalue weighted by molar-refractivity contribution is 0.0982. The maximum absolute atomic E-state index is 13.3. The van der Waals surface area contributed by atoms with Crippen LogP contribution in [0.3, 0.4) is 0 Å². The molecule has 0 unspecified atom stereocenters. The normalized spacial score (nSPS) is 17.5. The van der Waals surface area contributed by atoms with Crippen LogP contribution in [-0.4, -0.2) is 40.3 Å². The van der Waals surface area contributed by atoms with E-state index in [0.717, 1.165) is 11.0 Å². The molecule has 2 aromatic carbocycles. The summed E-state index contributed by atoms with van der Waals surface area (Å²) in [6, 6.07) is 11.6. The van der Waals surface area contributed by atoms with E-state index in [1.54, 1.807) is 30.3 Å². The van der Waals surface area contributed by atoms with Gasteiger partial charge in [-0.1, -0.05) is 17.7 Å². The number of nitrogens with zero attached hydrogens (tertiary/aromatic N) is 1. The number of methoxy groups -OCH3 is 2. The summed E-state index contributed by atoms with van der Waals surface area (Å²) in [4.78, 5) is 14.7. The van der Waals surface area contributed by atoms with Crippen molar-refractivity contribution in [3.8, 4) is 11.5 Å². The van der Waals surface area contributed by atoms with Gasteiger partial charge in [0.05, 0.1) is 31.7 Å². The molecule has 1 aliphatic heterocycles. The topological polar surface area (TPSA) is 72.9 Å². The fourth-order valence-corrected chi connectivity index (χ4v) is 4.25. The van der Waals surface area contributed by atoms with Crippen LogP contribution in [0.4, 0.5) is 5.69 Å². The van der Waals surface area contributed by atoms with Crippen molar-refractivity contribution in [2.75, 3.05) is 24.9 Å². The molecule has 0 radical (unpaired) electrons. The van der Waals surface area contributed by atoms with Gasteiger partial charge in [0.2, 0.25) is 0 Å². The van der Waals surface area contributed by atoms with E-state index in [0.29, 0.717) is 22.7 Å². The molecule has 0 fully saturated rings. The lowest BCUT2D eigenvalue weighted by Gasteiger charge is -2.29. The van der Waals surface area contributed by atoms with Crippen molar-refractivity contribution in [1.29, 1.82) is 0 Å². The zero-order valence-electron chi connectivity index (χ0n) is 15.4. The van der Waals surface area contributed by atoms with E-state index < -0.39 is 15.9 Å². The highest BCUT2D eigenvalue weighted by atomic mass is 32.2. The second kappa shape index (κ2) is 7.44. The molecule has 0 spiro atoms. The maximum atomic E-state index is 13.3. The second-order valence-electron chi connectivity index (χ2n) is 6.30. The average Bonchev–Trinajstić information content (AvgIpc) is 3.02. The summed E-state index contributed by atoms with van der Waals surface area (Å²) in [5.74, 6) is 0.533. The van der Waals surface area contributed by atoms with Crippen LogP contribution in [0.25, 0.3) is 0 Å². The molecule has 2 aromatic rings. The lowest BCUT2D eigenvalue weighted by atomic mass is 10.1. The molecular weight excluding hydrogens is 366 g/mol. The largest absolute Gasteiger partial charge is 0.497 e. The Balaban J connectivity index is 2.09. The molecule has 142 valence electrons. The number of rotatable bonds is 5. The van der Waals surface area contributed by atoms with Gasteiger partial charge in [-0.05, 0) is 37.3 Å². The summed E-state index contributed by atoms with van der Waals surface area (Å²) in [5.41, 5.74) is 1.98. The van der Waals surface area contributed by atoms with Crippen LogP contribution in [0.1, 0.15) is 15.9 Å². The number of carbonyl (C=O) groups excluding carboxylic acids is 1. The third kappa shape index (κ3) is 3.98. The smallest absolute Gasteiger partial charge is 0.258 e. The van der Waals surface area contributed by atoms with Crippen molar-refractivity contribution < 1.29 is 22.7 Å². The molecule has 0 saturated heterocycles. The van der Waals surface area contributed by atoms with Crippen LogP contribution in [0.5, 0.6) is 11.5 Å². The van der Waals surface area contributed by atoms with E-state index in [4.69, 9.17) is 9.47 Å². The second-order valence-corrected chi connectivity index (χ2v) is 8.24. The molecule has 27 heavy (non-hydrogen) atoms. The quantitative estimate of drug-likeness (QED) is 0.789. The number of ether oxygens (including phenoxy) is 2. The Morgan fingerprint density at radius 1 is 1.07 bits per heavy atom. The number of hydrogen-bond acceptors (Lipinski definition) is 5. The number of carbonyl (C=O) groups is 1. The van der Waals surface area contributed by atoms with E-state index >= 15 is 0 Å². The van der Waals surface area contributed by atoms with Gasteiger partial charge in [0.25, 0.3) is 5.91 Å². The summed E-state index contributed by atoms with van der Waals surface area (Å²) < 4.78 is 34.6. The number of benzene rings is 2. The average molecular weight is 387 g/mol. The van der Waals surface area contributed by atoms with Crippen LogP contribution in [0, 0.1) is 6.92 Å². The van der Waals surface area contributed by atoms with E-state index in [9.17, 15) is 13.2 Å². The van der Waals surface area contributed by atoms with Crippen molar-refractivity contribution in [3.05, 3.63) is 65.1 Å². The van der Waals surface area contributed by atoms with Crippen LogP contribution < -0.4 is 14.4 Å². The summed E-state index contributed by atoms with van der Waals surface area (Å²) >= 11 is 0. The first-order valence-corrected chi connectivity index (χ1v) is 10.1. The van der Waals surface area contributed by atoms with Crippen molar-refractivity contribution in [2.24, 2.45) is 0 Å². The molecule has 1 atom stereocenters. The first kappa shape index (κ1) is 19.0. The molecule has 0 aromatic heterocycles. The number of sulfone groups is 1. The highest BCUT2D eigenvalue weighted by molar-refractivity contribution is 7.94. The zero-order chi connectivity index (χ0) is 19.6. The van der Waals surface area contributed by atoms with Crippen LogP contribution in [0.2, 0.25) is 0 Å². The van der Waals surface area contributed by atoms with Gasteiger partial charge in [0.15, 0.2) is 9.84 Å². The summed E-state index contributed by atoms with van der Waals surface area (Å²) in [7, 11) is -0.312. The minimum Gasteiger partial charge on any atom is -0.497 e. The van der Waals surface area contributed by atoms with Crippen molar-refractivity contribution in [2.45, 2.75) is 13.0 Å². The molecule has 0 aliphatic carbocycles. The molecule has 7 heteroatoms. The van der Waals surface area contributed by atoms with Crippen LogP contribution >= 0.6 is 0 Å². The highest BCUT2D eigenvalue weighted by Gasteiger charge is 2.33. The van der Waals surface area contributed by atoms with Gasteiger partial charge in [-0.15, -0.1) is 0 Å². The Kier molecular flexibility index (Phi) is 5.23. The minimum atomic E-state index is -3.34. The number of hydrogen-bond donors (Lipinski definition) is 0. The number of anilines is 1. The summed E-state index contributed by atoms with van der Waals surface area (Å²) in [5, 5.41) is 1.16. The number of amides is 1. The maximum Gasteiger partial charge on any atom is 0.258 e. The molecule has 1 amide bonds. The van der Waals surface area contributed by atoms with Gasteiger partial charge in [0, 0.05) is 17.0 Å². The number of aryl methyl sites for hydroxylation is 1. The molecule has 1 heterocycles. The van der Waals surface area contributed by atoms with E-state index in [-0.39, 0.29) is 11.7 Å². The molecule has 1 aliphatic rings. The predicted molar refractivity (Wildman–Crippen MR) is 104 cm³/mol. The predicted octanol–water partition coefficient (Wildman–Crippen LogP) is 2.97. The van der Waals surface area contributed by atoms with Crippen molar-refractivity contribution in [1.82, 2.24) is 0 Å². The van der Waals surface area contributed by atoms with Crippen LogP contribution in [-0.2, 0) is 9.84 Å². The van der Waals surface area contributed by atoms with Gasteiger partial charge in [-0.25, -0.2) is 8.42 Å². The molecule has 3 rings (SSSR count). The monoisotopic (exact) mass is 387 g/mol. The van der Waals surface area contributed by atoms with Gasteiger partial charge < -0.3 is 9.47 Å². The van der Waals surface area contributed by atoms with Crippen LogP contribution in [0.15, 0.2) is 53.9 Å². The fraction of sp³-hybridized carbons (Fsp3) is 0.250. The fourth-order valence-electron chi connectivity index (χ4n) is 2.98. The first-order valence-electron chi connectivity index (χ1n) is 8.38. The van der Waals surface area contributed by atoms with Gasteiger partial charge in [-0.3, -0.25) is 9.69 Å². The molecular formula is C20H21NO5S. The Hall–Kier alpha value is -2.80. The molecule has 0 N–H and O–H groups in total. The summed E-state index contributed by atoms with van der Waals surface area (Å²) in [6.45, 7) is 1.94. The van der Waals surface area contributed by atoms with E-state index in [2.05, 4.69) is 0 Å². The van der Waals surface area contributed by atoms with Gasteiger partial charge in [-0.2, -0.15) is 0 Å². The highest BCUT2D eigenvalue weighted by Crippen LogP contribution is 2.35. The standard InChI is InChI=1S/C20H21NO5S/c1-14-4-6-15(7-5-14)20(22)21(16-10-11-27(23,24)13-16)18-9-8-17(25-2)12-19(18)26-3/h4-12,16H,13H2,1-3H3/t16-/m0/s1. The zero-order valence-corrected chi connectivity index (χ0v) is 16.2. The SMILES string of the molecule is COc1ccc(N(C(=O)c2ccc(C)cc2)[C@H]2C=CS(=O)(=O)C2)c(OC)c1. The van der Waals surface area contributed by atoms with E-state index in [1.807, 2.05) is 19.1 Å². The third-order valence-corrected chi connectivity index (χ3v) is 5.78. The first-order chi connectivity index (χ1) is 12.8. The van der Waals surface area contributed by atoms with Gasteiger partial charge >= 0.3 is 0 Å².